The van der Waals surface area contributed by atoms with Crippen molar-refractivity contribution in [3.8, 4) is 11.5 Å². The highest BCUT2D eigenvalue weighted by Crippen LogP contribution is 2.31. The molecule has 0 unspecified atom stereocenters. The van der Waals surface area contributed by atoms with Crippen LogP contribution in [0.15, 0.2) is 22.7 Å². The third-order valence-electron chi connectivity index (χ3n) is 5.71. The molecule has 0 radical (unpaired) electrons. The minimum atomic E-state index is 0.241. The predicted molar refractivity (Wildman–Crippen MR) is 97.4 cm³/mol. The van der Waals surface area contributed by atoms with Gasteiger partial charge in [0.15, 0.2) is 0 Å². The Morgan fingerprint density at radius 2 is 1.85 bits per heavy atom. The number of likely N-dealkylation sites (tertiary alicyclic amines) is 1. The molecule has 6 heteroatoms. The van der Waals surface area contributed by atoms with Crippen LogP contribution in [0, 0.1) is 12.8 Å². The van der Waals surface area contributed by atoms with E-state index in [0.717, 1.165) is 50.0 Å². The third-order valence-corrected chi connectivity index (χ3v) is 5.71. The van der Waals surface area contributed by atoms with Crippen LogP contribution in [0.2, 0.25) is 0 Å². The molecule has 1 amide bonds. The Labute approximate surface area is 154 Å². The average Bonchev–Trinajstić information content (AvgIpc) is 3.19. The highest BCUT2D eigenvalue weighted by molar-refractivity contribution is 5.79. The van der Waals surface area contributed by atoms with E-state index in [9.17, 15) is 4.79 Å². The second-order valence-corrected chi connectivity index (χ2v) is 7.57. The van der Waals surface area contributed by atoms with Gasteiger partial charge in [0.2, 0.25) is 17.7 Å². The zero-order valence-electron chi connectivity index (χ0n) is 15.4. The van der Waals surface area contributed by atoms with E-state index in [2.05, 4.69) is 15.2 Å². The molecule has 2 aliphatic rings. The van der Waals surface area contributed by atoms with Crippen molar-refractivity contribution < 1.29 is 9.21 Å². The standard InChI is InChI=1S/C20H26N4O2/c1-14-7-8-17(13-21-14)19-23-22-18(26-19)15-9-11-24(12-10-15)20(25)16-5-3-2-4-6-16/h7-8,13,15-16H,2-6,9-12H2,1H3. The van der Waals surface area contributed by atoms with Gasteiger partial charge in [0, 0.05) is 36.8 Å². The van der Waals surface area contributed by atoms with Crippen molar-refractivity contribution in [2.75, 3.05) is 13.1 Å². The van der Waals surface area contributed by atoms with Crippen LogP contribution in [0.3, 0.4) is 0 Å². The van der Waals surface area contributed by atoms with Gasteiger partial charge in [0.1, 0.15) is 0 Å². The van der Waals surface area contributed by atoms with Crippen LogP contribution in [0.4, 0.5) is 0 Å². The minimum absolute atomic E-state index is 0.241. The van der Waals surface area contributed by atoms with Crippen LogP contribution in [0.5, 0.6) is 0 Å². The van der Waals surface area contributed by atoms with Crippen LogP contribution in [0.25, 0.3) is 11.5 Å². The topological polar surface area (TPSA) is 72.1 Å². The normalized spacial score (nSPS) is 19.7. The van der Waals surface area contributed by atoms with Crippen molar-refractivity contribution in [3.63, 3.8) is 0 Å². The van der Waals surface area contributed by atoms with Gasteiger partial charge in [0.25, 0.3) is 0 Å². The van der Waals surface area contributed by atoms with Gasteiger partial charge < -0.3 is 9.32 Å². The van der Waals surface area contributed by atoms with E-state index in [1.54, 1.807) is 6.20 Å². The lowest BCUT2D eigenvalue weighted by Gasteiger charge is -2.34. The second kappa shape index (κ2) is 7.56. The quantitative estimate of drug-likeness (QED) is 0.840. The number of amides is 1. The maximum Gasteiger partial charge on any atom is 0.249 e. The summed E-state index contributed by atoms with van der Waals surface area (Å²) < 4.78 is 5.90. The van der Waals surface area contributed by atoms with Gasteiger partial charge in [-0.3, -0.25) is 9.78 Å². The summed E-state index contributed by atoms with van der Waals surface area (Å²) in [6.07, 6.45) is 9.36. The highest BCUT2D eigenvalue weighted by atomic mass is 16.4. The van der Waals surface area contributed by atoms with Crippen LogP contribution in [0.1, 0.15) is 62.4 Å². The molecule has 0 bridgehead atoms. The monoisotopic (exact) mass is 354 g/mol. The molecule has 1 aliphatic heterocycles. The van der Waals surface area contributed by atoms with Crippen molar-refractivity contribution >= 4 is 5.91 Å². The molecule has 1 saturated heterocycles. The smallest absolute Gasteiger partial charge is 0.249 e. The maximum atomic E-state index is 12.7. The van der Waals surface area contributed by atoms with Gasteiger partial charge in [-0.2, -0.15) is 0 Å². The number of rotatable bonds is 3. The molecule has 2 aromatic rings. The average molecular weight is 354 g/mol. The molecule has 2 fully saturated rings. The highest BCUT2D eigenvalue weighted by Gasteiger charge is 2.31. The lowest BCUT2D eigenvalue weighted by atomic mass is 9.87. The summed E-state index contributed by atoms with van der Waals surface area (Å²) in [6, 6.07) is 3.89. The molecular weight excluding hydrogens is 328 g/mol. The summed E-state index contributed by atoms with van der Waals surface area (Å²) in [6.45, 7) is 3.54. The zero-order valence-corrected chi connectivity index (χ0v) is 15.4. The summed E-state index contributed by atoms with van der Waals surface area (Å²) in [5.41, 5.74) is 1.81. The number of aromatic nitrogens is 3. The van der Waals surface area contributed by atoms with Crippen molar-refractivity contribution in [1.82, 2.24) is 20.1 Å². The molecule has 4 rings (SSSR count). The van der Waals surface area contributed by atoms with Gasteiger partial charge >= 0.3 is 0 Å². The molecule has 1 aliphatic carbocycles. The van der Waals surface area contributed by atoms with Crippen LogP contribution in [-0.4, -0.2) is 39.1 Å². The Kier molecular flexibility index (Phi) is 5.00. The Morgan fingerprint density at radius 3 is 2.54 bits per heavy atom. The number of hydrogen-bond donors (Lipinski definition) is 0. The number of carbonyl (C=O) groups excluding carboxylic acids is 1. The lowest BCUT2D eigenvalue weighted by Crippen LogP contribution is -2.41. The summed E-state index contributed by atoms with van der Waals surface area (Å²) >= 11 is 0. The molecule has 138 valence electrons. The zero-order chi connectivity index (χ0) is 17.9. The first-order valence-electron chi connectivity index (χ1n) is 9.76. The molecule has 26 heavy (non-hydrogen) atoms. The van der Waals surface area contributed by atoms with E-state index in [-0.39, 0.29) is 11.8 Å². The fourth-order valence-electron chi connectivity index (χ4n) is 4.07. The molecular formula is C20H26N4O2. The lowest BCUT2D eigenvalue weighted by molar-refractivity contribution is -0.137. The minimum Gasteiger partial charge on any atom is -0.420 e. The second-order valence-electron chi connectivity index (χ2n) is 7.57. The number of carbonyl (C=O) groups is 1. The van der Waals surface area contributed by atoms with Gasteiger partial charge in [-0.1, -0.05) is 19.3 Å². The van der Waals surface area contributed by atoms with Gasteiger partial charge in [-0.05, 0) is 44.7 Å². The fourth-order valence-corrected chi connectivity index (χ4v) is 4.07. The third kappa shape index (κ3) is 3.64. The summed E-state index contributed by atoms with van der Waals surface area (Å²) in [5.74, 6) is 2.06. The molecule has 0 spiro atoms. The Morgan fingerprint density at radius 1 is 1.08 bits per heavy atom. The Bertz CT molecular complexity index is 741. The van der Waals surface area contributed by atoms with Crippen molar-refractivity contribution in [2.45, 2.75) is 57.8 Å². The van der Waals surface area contributed by atoms with E-state index in [1.165, 1.54) is 19.3 Å². The van der Waals surface area contributed by atoms with Crippen LogP contribution < -0.4 is 0 Å². The first-order chi connectivity index (χ1) is 12.7. The van der Waals surface area contributed by atoms with E-state index in [4.69, 9.17) is 4.42 Å². The maximum absolute atomic E-state index is 12.7. The van der Waals surface area contributed by atoms with E-state index >= 15 is 0 Å². The van der Waals surface area contributed by atoms with Crippen LogP contribution in [-0.2, 0) is 4.79 Å². The van der Waals surface area contributed by atoms with Crippen molar-refractivity contribution in [2.24, 2.45) is 5.92 Å². The number of aryl methyl sites for hydroxylation is 1. The van der Waals surface area contributed by atoms with Crippen molar-refractivity contribution in [3.05, 3.63) is 29.9 Å². The summed E-state index contributed by atoms with van der Waals surface area (Å²) in [4.78, 5) is 19.0. The SMILES string of the molecule is Cc1ccc(-c2nnc(C3CCN(C(=O)C4CCCCC4)CC3)o2)cn1. The molecule has 2 aromatic heterocycles. The first kappa shape index (κ1) is 17.2. The number of pyridine rings is 1. The summed E-state index contributed by atoms with van der Waals surface area (Å²) in [5, 5.41) is 8.43. The molecule has 0 N–H and O–H groups in total. The van der Waals surface area contributed by atoms with Crippen molar-refractivity contribution in [1.29, 1.82) is 0 Å². The largest absolute Gasteiger partial charge is 0.420 e. The van der Waals surface area contributed by atoms with E-state index in [1.807, 2.05) is 24.0 Å². The molecule has 3 heterocycles. The fraction of sp³-hybridized carbons (Fsp3) is 0.600. The first-order valence-corrected chi connectivity index (χ1v) is 9.76. The number of piperidine rings is 1. The van der Waals surface area contributed by atoms with Gasteiger partial charge in [0.05, 0.1) is 5.56 Å². The molecule has 1 saturated carbocycles. The van der Waals surface area contributed by atoms with Gasteiger partial charge in [-0.25, -0.2) is 0 Å². The van der Waals surface area contributed by atoms with E-state index in [0.29, 0.717) is 17.7 Å². The summed E-state index contributed by atoms with van der Waals surface area (Å²) in [7, 11) is 0. The number of hydrogen-bond acceptors (Lipinski definition) is 5. The van der Waals surface area contributed by atoms with Crippen LogP contribution >= 0.6 is 0 Å². The molecule has 6 nitrogen and oxygen atoms in total. The van der Waals surface area contributed by atoms with E-state index < -0.39 is 0 Å². The van der Waals surface area contributed by atoms with Gasteiger partial charge in [-0.15, -0.1) is 10.2 Å². The Hall–Kier alpha value is -2.24. The molecule has 0 aromatic carbocycles. The Balaban J connectivity index is 1.36. The number of nitrogens with zero attached hydrogens (tertiary/aromatic N) is 4. The predicted octanol–water partition coefficient (Wildman–Crippen LogP) is 3.73. The molecule has 0 atom stereocenters.